The molecule has 10 nitrogen and oxygen atoms in total. The number of rotatable bonds is 10. The van der Waals surface area contributed by atoms with Gasteiger partial charge in [-0.2, -0.15) is 9.41 Å². The standard InChI is InChI=1S/C22H27N3O7S/c1-6-25(7-2)33(28,29)18-10-8-9-17(13-18)22(27)24-23-14-16-11-19(30-4)21(32-15(3)26)20(12-16)31-5/h8-14H,6-7H2,1-5H3,(H,24,27)/b23-14+. The van der Waals surface area contributed by atoms with E-state index in [4.69, 9.17) is 14.2 Å². The minimum Gasteiger partial charge on any atom is -0.493 e. The number of benzene rings is 2. The summed E-state index contributed by atoms with van der Waals surface area (Å²) in [5.41, 5.74) is 3.00. The van der Waals surface area contributed by atoms with Crippen LogP contribution in [-0.2, 0) is 14.8 Å². The van der Waals surface area contributed by atoms with Gasteiger partial charge in [0.1, 0.15) is 0 Å². The third kappa shape index (κ3) is 6.30. The largest absolute Gasteiger partial charge is 0.493 e. The quantitative estimate of drug-likeness (QED) is 0.241. The van der Waals surface area contributed by atoms with Crippen molar-refractivity contribution in [3.8, 4) is 17.2 Å². The first-order valence-electron chi connectivity index (χ1n) is 10.1. The number of sulfonamides is 1. The normalized spacial score (nSPS) is 11.5. The fourth-order valence-electron chi connectivity index (χ4n) is 2.96. The van der Waals surface area contributed by atoms with E-state index < -0.39 is 21.9 Å². The molecule has 178 valence electrons. The lowest BCUT2D eigenvalue weighted by atomic mass is 10.2. The lowest BCUT2D eigenvalue weighted by Crippen LogP contribution is -2.30. The molecule has 0 aliphatic carbocycles. The summed E-state index contributed by atoms with van der Waals surface area (Å²) in [4.78, 5) is 23.9. The van der Waals surface area contributed by atoms with E-state index in [1.165, 1.54) is 55.9 Å². The lowest BCUT2D eigenvalue weighted by Gasteiger charge is -2.18. The molecule has 1 amide bonds. The number of hydrazone groups is 1. The number of carbonyl (C=O) groups is 2. The predicted molar refractivity (Wildman–Crippen MR) is 122 cm³/mol. The highest BCUT2D eigenvalue weighted by Gasteiger charge is 2.22. The molecule has 0 aromatic heterocycles. The minimum atomic E-state index is -3.70. The maximum absolute atomic E-state index is 12.7. The zero-order chi connectivity index (χ0) is 24.6. The Morgan fingerprint density at radius 3 is 2.18 bits per heavy atom. The van der Waals surface area contributed by atoms with E-state index in [1.54, 1.807) is 26.0 Å². The molecule has 0 fully saturated rings. The first kappa shape index (κ1) is 25.8. The van der Waals surface area contributed by atoms with Crippen LogP contribution in [0.5, 0.6) is 17.2 Å². The second kappa shape index (κ2) is 11.4. The van der Waals surface area contributed by atoms with Gasteiger partial charge in [-0.05, 0) is 30.3 Å². The summed E-state index contributed by atoms with van der Waals surface area (Å²) in [7, 11) is -0.885. The van der Waals surface area contributed by atoms with Crippen molar-refractivity contribution < 1.29 is 32.2 Å². The monoisotopic (exact) mass is 477 g/mol. The molecule has 2 rings (SSSR count). The lowest BCUT2D eigenvalue weighted by molar-refractivity contribution is -0.132. The van der Waals surface area contributed by atoms with Crippen molar-refractivity contribution in [1.82, 2.24) is 9.73 Å². The first-order chi connectivity index (χ1) is 15.7. The Kier molecular flexibility index (Phi) is 8.94. The topological polar surface area (TPSA) is 124 Å². The van der Waals surface area contributed by atoms with Gasteiger partial charge in [-0.15, -0.1) is 0 Å². The van der Waals surface area contributed by atoms with Crippen LogP contribution in [0.1, 0.15) is 36.7 Å². The number of carbonyl (C=O) groups excluding carboxylic acids is 2. The van der Waals surface area contributed by atoms with Gasteiger partial charge in [-0.25, -0.2) is 13.8 Å². The number of hydrogen-bond donors (Lipinski definition) is 1. The maximum atomic E-state index is 12.7. The maximum Gasteiger partial charge on any atom is 0.308 e. The van der Waals surface area contributed by atoms with E-state index in [1.807, 2.05) is 0 Å². The summed E-state index contributed by atoms with van der Waals surface area (Å²) < 4.78 is 42.3. The van der Waals surface area contributed by atoms with Crippen LogP contribution in [-0.4, -0.2) is 58.1 Å². The molecule has 0 heterocycles. The van der Waals surface area contributed by atoms with E-state index >= 15 is 0 Å². The van der Waals surface area contributed by atoms with Crippen molar-refractivity contribution in [2.24, 2.45) is 5.10 Å². The average Bonchev–Trinajstić information content (AvgIpc) is 2.79. The van der Waals surface area contributed by atoms with E-state index in [2.05, 4.69) is 10.5 Å². The molecule has 2 aromatic rings. The number of hydrogen-bond acceptors (Lipinski definition) is 8. The molecule has 0 aliphatic heterocycles. The summed E-state index contributed by atoms with van der Waals surface area (Å²) in [6.45, 7) is 5.39. The summed E-state index contributed by atoms with van der Waals surface area (Å²) in [5.74, 6) is -0.512. The van der Waals surface area contributed by atoms with E-state index in [-0.39, 0.29) is 27.7 Å². The Morgan fingerprint density at radius 2 is 1.67 bits per heavy atom. The highest BCUT2D eigenvalue weighted by atomic mass is 32.2. The van der Waals surface area contributed by atoms with Crippen molar-refractivity contribution in [3.63, 3.8) is 0 Å². The van der Waals surface area contributed by atoms with E-state index in [9.17, 15) is 18.0 Å². The molecule has 0 spiro atoms. The zero-order valence-corrected chi connectivity index (χ0v) is 19.9. The molecule has 33 heavy (non-hydrogen) atoms. The fourth-order valence-corrected chi connectivity index (χ4v) is 4.46. The molecule has 0 aliphatic rings. The van der Waals surface area contributed by atoms with Crippen LogP contribution in [0.25, 0.3) is 0 Å². The molecule has 0 bridgehead atoms. The van der Waals surface area contributed by atoms with Gasteiger partial charge in [0.15, 0.2) is 11.5 Å². The van der Waals surface area contributed by atoms with Crippen molar-refractivity contribution in [2.45, 2.75) is 25.7 Å². The van der Waals surface area contributed by atoms with Crippen molar-refractivity contribution in [3.05, 3.63) is 47.5 Å². The van der Waals surface area contributed by atoms with Gasteiger partial charge in [0, 0.05) is 31.1 Å². The third-order valence-electron chi connectivity index (χ3n) is 4.55. The summed E-state index contributed by atoms with van der Waals surface area (Å²) in [6.07, 6.45) is 1.34. The second-order valence-corrected chi connectivity index (χ2v) is 8.60. The summed E-state index contributed by atoms with van der Waals surface area (Å²) in [5, 5.41) is 3.92. The molecular weight excluding hydrogens is 450 g/mol. The molecular formula is C22H27N3O7S. The molecule has 0 unspecified atom stereocenters. The van der Waals surface area contributed by atoms with Crippen LogP contribution in [0.4, 0.5) is 0 Å². The fraction of sp³-hybridized carbons (Fsp3) is 0.318. The Morgan fingerprint density at radius 1 is 1.06 bits per heavy atom. The van der Waals surface area contributed by atoms with Crippen LogP contribution in [0.3, 0.4) is 0 Å². The van der Waals surface area contributed by atoms with Crippen LogP contribution >= 0.6 is 0 Å². The van der Waals surface area contributed by atoms with Gasteiger partial charge in [-0.3, -0.25) is 9.59 Å². The zero-order valence-electron chi connectivity index (χ0n) is 19.1. The highest BCUT2D eigenvalue weighted by molar-refractivity contribution is 7.89. The Balaban J connectivity index is 2.23. The number of amides is 1. The van der Waals surface area contributed by atoms with Gasteiger partial charge < -0.3 is 14.2 Å². The van der Waals surface area contributed by atoms with Crippen LogP contribution < -0.4 is 19.6 Å². The van der Waals surface area contributed by atoms with Gasteiger partial charge in [0.05, 0.1) is 25.3 Å². The first-order valence-corrected chi connectivity index (χ1v) is 11.5. The molecule has 0 atom stereocenters. The minimum absolute atomic E-state index is 0.0263. The Labute approximate surface area is 193 Å². The molecule has 0 saturated carbocycles. The number of methoxy groups -OCH3 is 2. The molecule has 0 saturated heterocycles. The van der Waals surface area contributed by atoms with Crippen LogP contribution in [0.2, 0.25) is 0 Å². The van der Waals surface area contributed by atoms with Gasteiger partial charge >= 0.3 is 5.97 Å². The molecule has 0 radical (unpaired) electrons. The van der Waals surface area contributed by atoms with Crippen molar-refractivity contribution in [1.29, 1.82) is 0 Å². The summed E-state index contributed by atoms with van der Waals surface area (Å²) >= 11 is 0. The van der Waals surface area contributed by atoms with Crippen molar-refractivity contribution in [2.75, 3.05) is 27.3 Å². The SMILES string of the molecule is CCN(CC)S(=O)(=O)c1cccc(C(=O)N/N=C/c2cc(OC)c(OC(C)=O)c(OC)c2)c1. The number of ether oxygens (including phenoxy) is 3. The third-order valence-corrected chi connectivity index (χ3v) is 6.59. The van der Waals surface area contributed by atoms with Crippen LogP contribution in [0, 0.1) is 0 Å². The Bertz CT molecular complexity index is 1120. The number of esters is 1. The van der Waals surface area contributed by atoms with Gasteiger partial charge in [0.25, 0.3) is 5.91 Å². The molecule has 2 aromatic carbocycles. The van der Waals surface area contributed by atoms with Gasteiger partial charge in [0.2, 0.25) is 15.8 Å². The van der Waals surface area contributed by atoms with E-state index in [0.29, 0.717) is 18.7 Å². The Hall–Kier alpha value is -3.44. The number of nitrogens with one attached hydrogen (secondary N) is 1. The smallest absolute Gasteiger partial charge is 0.308 e. The van der Waals surface area contributed by atoms with Gasteiger partial charge in [-0.1, -0.05) is 19.9 Å². The predicted octanol–water partition coefficient (Wildman–Crippen LogP) is 2.42. The summed E-state index contributed by atoms with van der Waals surface area (Å²) in [6, 6.07) is 8.83. The molecule has 11 heteroatoms. The highest BCUT2D eigenvalue weighted by Crippen LogP contribution is 2.38. The van der Waals surface area contributed by atoms with E-state index in [0.717, 1.165) is 0 Å². The molecule has 1 N–H and O–H groups in total. The second-order valence-electron chi connectivity index (χ2n) is 6.66. The number of nitrogens with zero attached hydrogens (tertiary/aromatic N) is 2. The van der Waals surface area contributed by atoms with Crippen molar-refractivity contribution >= 4 is 28.1 Å². The van der Waals surface area contributed by atoms with Crippen LogP contribution in [0.15, 0.2) is 46.4 Å². The average molecular weight is 478 g/mol.